The highest BCUT2D eigenvalue weighted by Gasteiger charge is 2.21. The molecule has 0 saturated heterocycles. The lowest BCUT2D eigenvalue weighted by Crippen LogP contribution is -2.12. The van der Waals surface area contributed by atoms with E-state index in [1.165, 1.54) is 12.1 Å². The van der Waals surface area contributed by atoms with Crippen molar-refractivity contribution in [2.75, 3.05) is 11.1 Å². The van der Waals surface area contributed by atoms with E-state index in [2.05, 4.69) is 24.2 Å². The first-order valence-electron chi connectivity index (χ1n) is 5.79. The zero-order valence-electron chi connectivity index (χ0n) is 10.3. The van der Waals surface area contributed by atoms with Crippen LogP contribution in [0.4, 0.5) is 10.1 Å². The normalized spacial score (nSPS) is 19.6. The SMILES string of the molecule is Cc1cc(F)cc(NC2=NC(C(C)C)CS2)c1. The molecule has 1 atom stereocenters. The van der Waals surface area contributed by atoms with Crippen molar-refractivity contribution in [2.45, 2.75) is 26.8 Å². The lowest BCUT2D eigenvalue weighted by atomic mass is 10.1. The molecule has 0 saturated carbocycles. The van der Waals surface area contributed by atoms with Crippen LogP contribution in [0.15, 0.2) is 23.2 Å². The van der Waals surface area contributed by atoms with Crippen molar-refractivity contribution in [3.05, 3.63) is 29.6 Å². The Hall–Kier alpha value is -1.03. The van der Waals surface area contributed by atoms with Crippen LogP contribution >= 0.6 is 11.8 Å². The molecule has 4 heteroatoms. The van der Waals surface area contributed by atoms with Crippen molar-refractivity contribution in [1.29, 1.82) is 0 Å². The zero-order valence-corrected chi connectivity index (χ0v) is 11.1. The van der Waals surface area contributed by atoms with Crippen molar-refractivity contribution < 1.29 is 4.39 Å². The molecule has 2 rings (SSSR count). The molecule has 17 heavy (non-hydrogen) atoms. The third-order valence-electron chi connectivity index (χ3n) is 2.74. The van der Waals surface area contributed by atoms with E-state index in [1.54, 1.807) is 11.8 Å². The summed E-state index contributed by atoms with van der Waals surface area (Å²) < 4.78 is 13.2. The topological polar surface area (TPSA) is 24.4 Å². The fourth-order valence-electron chi connectivity index (χ4n) is 1.73. The Labute approximate surface area is 106 Å². The highest BCUT2D eigenvalue weighted by atomic mass is 32.2. The largest absolute Gasteiger partial charge is 0.335 e. The number of aliphatic imine (C=N–C) groups is 1. The summed E-state index contributed by atoms with van der Waals surface area (Å²) in [6.07, 6.45) is 0. The maximum Gasteiger partial charge on any atom is 0.161 e. The van der Waals surface area contributed by atoms with Gasteiger partial charge in [-0.2, -0.15) is 0 Å². The molecule has 1 N–H and O–H groups in total. The summed E-state index contributed by atoms with van der Waals surface area (Å²) >= 11 is 1.70. The van der Waals surface area contributed by atoms with E-state index >= 15 is 0 Å². The summed E-state index contributed by atoms with van der Waals surface area (Å²) in [4.78, 5) is 4.59. The van der Waals surface area contributed by atoms with Crippen LogP contribution < -0.4 is 5.32 Å². The van der Waals surface area contributed by atoms with Gasteiger partial charge < -0.3 is 5.32 Å². The van der Waals surface area contributed by atoms with E-state index in [1.807, 2.05) is 13.0 Å². The van der Waals surface area contributed by atoms with Crippen molar-refractivity contribution in [3.63, 3.8) is 0 Å². The minimum absolute atomic E-state index is 0.212. The Morgan fingerprint density at radius 2 is 2.18 bits per heavy atom. The van der Waals surface area contributed by atoms with Gasteiger partial charge in [-0.15, -0.1) is 0 Å². The summed E-state index contributed by atoms with van der Waals surface area (Å²) in [5.41, 5.74) is 1.69. The molecule has 0 amide bonds. The van der Waals surface area contributed by atoms with Crippen LogP contribution in [0.2, 0.25) is 0 Å². The van der Waals surface area contributed by atoms with Gasteiger partial charge in [0, 0.05) is 11.4 Å². The third kappa shape index (κ3) is 3.22. The predicted octanol–water partition coefficient (Wildman–Crippen LogP) is 3.67. The molecular weight excluding hydrogens is 235 g/mol. The first-order chi connectivity index (χ1) is 8.04. The Morgan fingerprint density at radius 3 is 2.76 bits per heavy atom. The second-order valence-corrected chi connectivity index (χ2v) is 5.71. The van der Waals surface area contributed by atoms with Gasteiger partial charge in [-0.05, 0) is 36.6 Å². The van der Waals surface area contributed by atoms with Crippen molar-refractivity contribution in [1.82, 2.24) is 0 Å². The van der Waals surface area contributed by atoms with Crippen LogP contribution in [-0.2, 0) is 0 Å². The van der Waals surface area contributed by atoms with Gasteiger partial charge in [0.15, 0.2) is 5.17 Å². The van der Waals surface area contributed by atoms with Gasteiger partial charge in [-0.3, -0.25) is 4.99 Å². The summed E-state index contributed by atoms with van der Waals surface area (Å²) in [6.45, 7) is 6.22. The molecule has 2 nitrogen and oxygen atoms in total. The Bertz CT molecular complexity index is 423. The second-order valence-electron chi connectivity index (χ2n) is 4.70. The Balaban J connectivity index is 2.09. The van der Waals surface area contributed by atoms with E-state index in [4.69, 9.17) is 0 Å². The Morgan fingerprint density at radius 1 is 1.41 bits per heavy atom. The number of rotatable bonds is 2. The molecule has 0 bridgehead atoms. The average Bonchev–Trinajstić information content (AvgIpc) is 2.64. The Kier molecular flexibility index (Phi) is 3.72. The highest BCUT2D eigenvalue weighted by Crippen LogP contribution is 2.25. The predicted molar refractivity (Wildman–Crippen MR) is 73.3 cm³/mol. The maximum absolute atomic E-state index is 13.2. The lowest BCUT2D eigenvalue weighted by Gasteiger charge is -2.08. The number of thioether (sulfide) groups is 1. The summed E-state index contributed by atoms with van der Waals surface area (Å²) in [6, 6.07) is 5.32. The molecule has 0 fully saturated rings. The van der Waals surface area contributed by atoms with Crippen LogP contribution in [0, 0.1) is 18.7 Å². The van der Waals surface area contributed by atoms with Crippen LogP contribution in [0.25, 0.3) is 0 Å². The van der Waals surface area contributed by atoms with E-state index in [0.717, 1.165) is 22.2 Å². The van der Waals surface area contributed by atoms with Gasteiger partial charge in [0.25, 0.3) is 0 Å². The molecule has 0 radical (unpaired) electrons. The lowest BCUT2D eigenvalue weighted by molar-refractivity contribution is 0.543. The molecule has 1 heterocycles. The average molecular weight is 252 g/mol. The molecule has 92 valence electrons. The van der Waals surface area contributed by atoms with Gasteiger partial charge in [0.2, 0.25) is 0 Å². The van der Waals surface area contributed by atoms with Gasteiger partial charge in [0.1, 0.15) is 5.82 Å². The molecule has 1 aliphatic rings. The third-order valence-corrected chi connectivity index (χ3v) is 3.73. The molecule has 1 aromatic carbocycles. The number of hydrogen-bond acceptors (Lipinski definition) is 3. The van der Waals surface area contributed by atoms with E-state index in [0.29, 0.717) is 12.0 Å². The molecule has 0 spiro atoms. The number of nitrogens with zero attached hydrogens (tertiary/aromatic N) is 1. The maximum atomic E-state index is 13.2. The first-order valence-corrected chi connectivity index (χ1v) is 6.78. The number of hydrogen-bond donors (Lipinski definition) is 1. The molecule has 1 unspecified atom stereocenters. The summed E-state index contributed by atoms with van der Waals surface area (Å²) in [5.74, 6) is 1.35. The van der Waals surface area contributed by atoms with Crippen molar-refractivity contribution in [2.24, 2.45) is 10.9 Å². The number of aryl methyl sites for hydroxylation is 1. The smallest absolute Gasteiger partial charge is 0.161 e. The fourth-order valence-corrected chi connectivity index (χ4v) is 2.92. The van der Waals surface area contributed by atoms with Crippen molar-refractivity contribution in [3.8, 4) is 0 Å². The standard InChI is InChI=1S/C13H17FN2S/c1-8(2)12-7-17-13(16-12)15-11-5-9(3)4-10(14)6-11/h4-6,8,12H,7H2,1-3H3,(H,15,16). The van der Waals surface area contributed by atoms with Gasteiger partial charge >= 0.3 is 0 Å². The van der Waals surface area contributed by atoms with Gasteiger partial charge in [-0.1, -0.05) is 25.6 Å². The quantitative estimate of drug-likeness (QED) is 0.868. The molecule has 1 aromatic rings. The number of amidine groups is 1. The number of nitrogens with one attached hydrogen (secondary N) is 1. The zero-order chi connectivity index (χ0) is 12.4. The van der Waals surface area contributed by atoms with Crippen LogP contribution in [0.3, 0.4) is 0 Å². The molecule has 0 aliphatic carbocycles. The number of anilines is 1. The van der Waals surface area contributed by atoms with Crippen LogP contribution in [0.5, 0.6) is 0 Å². The number of benzene rings is 1. The summed E-state index contributed by atoms with van der Waals surface area (Å²) in [5, 5.41) is 4.08. The number of halogens is 1. The van der Waals surface area contributed by atoms with Gasteiger partial charge in [-0.25, -0.2) is 4.39 Å². The van der Waals surface area contributed by atoms with Crippen LogP contribution in [0.1, 0.15) is 19.4 Å². The van der Waals surface area contributed by atoms with Crippen LogP contribution in [-0.4, -0.2) is 17.0 Å². The van der Waals surface area contributed by atoms with Gasteiger partial charge in [0.05, 0.1) is 6.04 Å². The molecule has 0 aromatic heterocycles. The van der Waals surface area contributed by atoms with E-state index < -0.39 is 0 Å². The monoisotopic (exact) mass is 252 g/mol. The summed E-state index contributed by atoms with van der Waals surface area (Å²) in [7, 11) is 0. The minimum atomic E-state index is -0.212. The van der Waals surface area contributed by atoms with E-state index in [-0.39, 0.29) is 5.82 Å². The van der Waals surface area contributed by atoms with Crippen molar-refractivity contribution >= 4 is 22.6 Å². The minimum Gasteiger partial charge on any atom is -0.335 e. The fraction of sp³-hybridized carbons (Fsp3) is 0.462. The highest BCUT2D eigenvalue weighted by molar-refractivity contribution is 8.14. The van der Waals surface area contributed by atoms with E-state index in [9.17, 15) is 4.39 Å². The first kappa shape index (κ1) is 12.4. The molecular formula is C13H17FN2S. The second kappa shape index (κ2) is 5.08. The molecule has 1 aliphatic heterocycles.